The summed E-state index contributed by atoms with van der Waals surface area (Å²) in [6.45, 7) is 22.5. The summed E-state index contributed by atoms with van der Waals surface area (Å²) in [6.07, 6.45) is 0. The van der Waals surface area contributed by atoms with Gasteiger partial charge in [0.1, 0.15) is 0 Å². The molecule has 0 aliphatic heterocycles. The maximum absolute atomic E-state index is 3.34. The van der Waals surface area contributed by atoms with E-state index in [0.717, 1.165) is 0 Å². The minimum absolute atomic E-state index is 0. The van der Waals surface area contributed by atoms with Gasteiger partial charge in [-0.2, -0.15) is 23.3 Å². The van der Waals surface area contributed by atoms with Gasteiger partial charge in [-0.3, -0.25) is 0 Å². The van der Waals surface area contributed by atoms with Crippen LogP contribution < -0.4 is 0 Å². The van der Waals surface area contributed by atoms with Crippen LogP contribution in [-0.2, 0) is 40.5 Å². The summed E-state index contributed by atoms with van der Waals surface area (Å²) < 4.78 is 3.34. The Hall–Kier alpha value is -1.59. The van der Waals surface area contributed by atoms with Gasteiger partial charge in [0.15, 0.2) is 0 Å². The smallest absolute Gasteiger partial charge is 0.358 e. The second-order valence-electron chi connectivity index (χ2n) is 12.2. The maximum atomic E-state index is 3.34. The van der Waals surface area contributed by atoms with Crippen LogP contribution in [-0.4, -0.2) is 4.21 Å². The second kappa shape index (κ2) is 12.6. The number of hydrogen-bond donors (Lipinski definition) is 0. The third-order valence-corrected chi connectivity index (χ3v) is 6.21. The van der Waals surface area contributed by atoms with Gasteiger partial charge >= 0.3 is 28.4 Å². The largest absolute Gasteiger partial charge is 0.358 e. The molecule has 4 aromatic carbocycles. The zero-order chi connectivity index (χ0) is 25.2. The molecule has 0 aliphatic carbocycles. The summed E-state index contributed by atoms with van der Waals surface area (Å²) in [7, 11) is 0. The first-order chi connectivity index (χ1) is 15.2. The first kappa shape index (κ1) is 33.4. The summed E-state index contributed by atoms with van der Waals surface area (Å²) in [5, 5.41) is 5.48. The molecule has 4 rings (SSSR count). The normalized spacial score (nSPS) is 11.5. The van der Waals surface area contributed by atoms with Crippen molar-refractivity contribution in [2.45, 2.75) is 85.5 Å². The average Bonchev–Trinajstić information content (AvgIpc) is 3.31. The molecule has 4 aromatic rings. The van der Waals surface area contributed by atoms with Crippen LogP contribution in [0.5, 0.6) is 0 Å². The fourth-order valence-electron chi connectivity index (χ4n) is 3.98. The van der Waals surface area contributed by atoms with Gasteiger partial charge in [0.2, 0.25) is 0 Å². The summed E-state index contributed by atoms with van der Waals surface area (Å²) in [4.78, 5) is 0. The number of aryl methyl sites for hydroxylation is 1. The van der Waals surface area contributed by atoms with Crippen LogP contribution in [0.2, 0.25) is 0 Å². The van der Waals surface area contributed by atoms with Crippen molar-refractivity contribution in [3.8, 4) is 0 Å². The minimum Gasteiger partial charge on any atom is -0.358 e. The van der Waals surface area contributed by atoms with Gasteiger partial charge < -0.3 is 14.9 Å². The van der Waals surface area contributed by atoms with Crippen LogP contribution >= 0.6 is 0 Å². The van der Waals surface area contributed by atoms with E-state index in [-0.39, 0.29) is 25.7 Å². The Labute approximate surface area is 232 Å². The molecule has 35 heavy (non-hydrogen) atoms. The van der Waals surface area contributed by atoms with E-state index in [9.17, 15) is 0 Å². The average molecular weight is 548 g/mol. The molecule has 0 aliphatic rings. The summed E-state index contributed by atoms with van der Waals surface area (Å²) in [5.41, 5.74) is 6.33. The van der Waals surface area contributed by atoms with Crippen LogP contribution in [0.3, 0.4) is 0 Å². The Kier molecular flexibility index (Phi) is 12.0. The van der Waals surface area contributed by atoms with E-state index < -0.39 is 0 Å². The molecule has 0 aromatic heterocycles. The second-order valence-corrected chi connectivity index (χ2v) is 12.2. The van der Waals surface area contributed by atoms with Crippen molar-refractivity contribution in [3.63, 3.8) is 0 Å². The van der Waals surface area contributed by atoms with Gasteiger partial charge in [-0.05, 0) is 10.8 Å². The third-order valence-electron chi connectivity index (χ3n) is 6.21. The first-order valence-electron chi connectivity index (χ1n) is 11.9. The predicted molar refractivity (Wildman–Crippen MR) is 160 cm³/mol. The van der Waals surface area contributed by atoms with Crippen molar-refractivity contribution < 1.29 is 24.2 Å². The number of hydrogen-bond acceptors (Lipinski definition) is 0. The summed E-state index contributed by atoms with van der Waals surface area (Å²) in [6, 6.07) is 22.8. The van der Waals surface area contributed by atoms with E-state index in [1.807, 2.05) is 0 Å². The molecule has 0 bridgehead atoms. The van der Waals surface area contributed by atoms with Crippen LogP contribution in [0.25, 0.3) is 21.5 Å². The van der Waals surface area contributed by atoms with Crippen LogP contribution in [0.4, 0.5) is 0 Å². The van der Waals surface area contributed by atoms with Gasteiger partial charge in [-0.25, -0.2) is 6.07 Å². The predicted octanol–water partition coefficient (Wildman–Crippen LogP) is 10.2. The topological polar surface area (TPSA) is 0 Å². The molecule has 0 unspecified atom stereocenters. The fraction of sp³-hybridized carbons (Fsp3) is 0.382. The molecule has 0 saturated carbocycles. The van der Waals surface area contributed by atoms with Gasteiger partial charge in [-0.15, -0.1) is 39.7 Å². The SMILES string of the molecule is CC(C)(C)c1ccc2c(c1)[cH-]c1cc(C(C)(C)C)ccc12.Cc1cc(C(C)(C)C)c[cH-]1.[CH2]=[Zr].[CH3-].[CH3-]. The van der Waals surface area contributed by atoms with E-state index in [1.165, 1.54) is 68.0 Å². The van der Waals surface area contributed by atoms with E-state index in [0.29, 0.717) is 5.41 Å². The third kappa shape index (κ3) is 8.49. The molecular weight excluding hydrogens is 500 g/mol. The van der Waals surface area contributed by atoms with E-state index in [2.05, 4.69) is 134 Å². The summed E-state index contributed by atoms with van der Waals surface area (Å²) in [5.74, 6) is 0. The van der Waals surface area contributed by atoms with Crippen molar-refractivity contribution in [2.75, 3.05) is 0 Å². The van der Waals surface area contributed by atoms with Crippen molar-refractivity contribution in [3.05, 3.63) is 97.8 Å². The number of benzene rings is 2. The molecule has 0 radical (unpaired) electrons. The monoisotopic (exact) mass is 546 g/mol. The van der Waals surface area contributed by atoms with Crippen LogP contribution in [0.15, 0.2) is 60.7 Å². The maximum Gasteiger partial charge on any atom is -0.358 e. The number of rotatable bonds is 0. The Morgan fingerprint density at radius 1 is 0.600 bits per heavy atom. The van der Waals surface area contributed by atoms with Crippen molar-refractivity contribution in [2.24, 2.45) is 0 Å². The van der Waals surface area contributed by atoms with Crippen molar-refractivity contribution in [1.29, 1.82) is 0 Å². The molecule has 192 valence electrons. The van der Waals surface area contributed by atoms with Crippen LogP contribution in [0.1, 0.15) is 84.6 Å². The van der Waals surface area contributed by atoms with Gasteiger partial charge in [0.05, 0.1) is 0 Å². The molecule has 1 heteroatoms. The van der Waals surface area contributed by atoms with Crippen molar-refractivity contribution >= 4 is 25.8 Å². The first-order valence-corrected chi connectivity index (χ1v) is 13.6. The Balaban J connectivity index is 0.000000705. The molecule has 0 atom stereocenters. The summed E-state index contributed by atoms with van der Waals surface area (Å²) >= 11 is 1.30. The molecule has 0 spiro atoms. The quantitative estimate of drug-likeness (QED) is 0.192. The van der Waals surface area contributed by atoms with E-state index in [4.69, 9.17) is 0 Å². The number of fused-ring (bicyclic) bond motifs is 3. The van der Waals surface area contributed by atoms with Crippen LogP contribution in [0, 0.1) is 21.8 Å². The molecule has 0 N–H and O–H groups in total. The van der Waals surface area contributed by atoms with Gasteiger partial charge in [0.25, 0.3) is 0 Å². The van der Waals surface area contributed by atoms with E-state index in [1.54, 1.807) is 0 Å². The molecule has 0 saturated heterocycles. The molecule has 0 heterocycles. The molecule has 0 nitrogen and oxygen atoms in total. The van der Waals surface area contributed by atoms with Gasteiger partial charge in [-0.1, -0.05) is 110 Å². The Morgan fingerprint density at radius 2 is 0.971 bits per heavy atom. The molecule has 0 fully saturated rings. The Morgan fingerprint density at radius 3 is 1.23 bits per heavy atom. The zero-order valence-electron chi connectivity index (χ0n) is 24.5. The molecular formula is C34H48Zr-4. The fourth-order valence-corrected chi connectivity index (χ4v) is 3.98. The Bertz CT molecular complexity index is 1130. The van der Waals surface area contributed by atoms with E-state index >= 15 is 0 Å². The van der Waals surface area contributed by atoms with Gasteiger partial charge in [0, 0.05) is 0 Å². The molecule has 0 amide bonds. The minimum atomic E-state index is 0. The van der Waals surface area contributed by atoms with Crippen molar-refractivity contribution in [1.82, 2.24) is 0 Å². The zero-order valence-corrected chi connectivity index (χ0v) is 26.9. The standard InChI is InChI=1S/C21H25.C10H15.2CH3.CH2.Zr/c1-20(2,3)16-7-9-18-14(12-16)11-15-13-17(21(4,5)6)8-10-19(15)18;1-8-5-6-9(7-8)10(2,3)4;;;;/h7-13H,1-6H3;5-7H,1-4H3;2*1H3;1H2;/q4*-1;;.